The lowest BCUT2D eigenvalue weighted by molar-refractivity contribution is 0.0698. The molecule has 100 valence electrons. The highest BCUT2D eigenvalue weighted by molar-refractivity contribution is 7.16. The first-order valence-corrected chi connectivity index (χ1v) is 7.49. The van der Waals surface area contributed by atoms with E-state index in [2.05, 4.69) is 5.32 Å². The van der Waals surface area contributed by atoms with Crippen molar-refractivity contribution in [2.75, 3.05) is 5.32 Å². The second-order valence-corrected chi connectivity index (χ2v) is 5.92. The predicted octanol–water partition coefficient (Wildman–Crippen LogP) is 3.63. The van der Waals surface area contributed by atoms with Gasteiger partial charge in [-0.25, -0.2) is 4.79 Å². The molecule has 4 nitrogen and oxygen atoms in total. The Kier molecular flexibility index (Phi) is 4.01. The minimum absolute atomic E-state index is 0.156. The average Bonchev–Trinajstić information content (AvgIpc) is 2.95. The number of amides is 1. The molecule has 6 heteroatoms. The Hall–Kier alpha value is -1.66. The SMILES string of the molecule is CCc1cc(C(=O)O)c(NC(=O)c2cscc2C)s1. The fourth-order valence-electron chi connectivity index (χ4n) is 1.63. The van der Waals surface area contributed by atoms with Crippen LogP contribution in [0.25, 0.3) is 0 Å². The van der Waals surface area contributed by atoms with Crippen LogP contribution in [-0.4, -0.2) is 17.0 Å². The number of aryl methyl sites for hydroxylation is 2. The Morgan fingerprint density at radius 3 is 2.58 bits per heavy atom. The van der Waals surface area contributed by atoms with Crippen LogP contribution >= 0.6 is 22.7 Å². The number of hydrogen-bond acceptors (Lipinski definition) is 4. The third kappa shape index (κ3) is 2.85. The van der Waals surface area contributed by atoms with Gasteiger partial charge >= 0.3 is 5.97 Å². The molecule has 0 spiro atoms. The molecule has 1 amide bonds. The quantitative estimate of drug-likeness (QED) is 0.905. The number of nitrogens with one attached hydrogen (secondary N) is 1. The number of thiophene rings is 2. The van der Waals surface area contributed by atoms with Crippen molar-refractivity contribution in [1.29, 1.82) is 0 Å². The molecule has 0 fully saturated rings. The number of carboxylic acid groups (broad SMARTS) is 1. The number of carbonyl (C=O) groups is 2. The zero-order chi connectivity index (χ0) is 14.0. The second-order valence-electron chi connectivity index (χ2n) is 4.04. The number of anilines is 1. The van der Waals surface area contributed by atoms with E-state index in [1.807, 2.05) is 19.2 Å². The van der Waals surface area contributed by atoms with Gasteiger partial charge in [0.25, 0.3) is 5.91 Å². The fraction of sp³-hybridized carbons (Fsp3) is 0.231. The largest absolute Gasteiger partial charge is 0.478 e. The molecule has 0 radical (unpaired) electrons. The number of carboxylic acids is 1. The van der Waals surface area contributed by atoms with E-state index >= 15 is 0 Å². The summed E-state index contributed by atoms with van der Waals surface area (Å²) >= 11 is 2.76. The van der Waals surface area contributed by atoms with Crippen LogP contribution in [0.3, 0.4) is 0 Å². The summed E-state index contributed by atoms with van der Waals surface area (Å²) in [6.07, 6.45) is 0.748. The van der Waals surface area contributed by atoms with Gasteiger partial charge in [0.2, 0.25) is 0 Å². The molecule has 0 unspecified atom stereocenters. The summed E-state index contributed by atoms with van der Waals surface area (Å²) in [5.74, 6) is -1.28. The third-order valence-corrected chi connectivity index (χ3v) is 4.75. The molecule has 2 aromatic heterocycles. The summed E-state index contributed by atoms with van der Waals surface area (Å²) in [5, 5.41) is 15.9. The lowest BCUT2D eigenvalue weighted by Crippen LogP contribution is -2.13. The molecule has 0 saturated carbocycles. The number of aromatic carboxylic acids is 1. The lowest BCUT2D eigenvalue weighted by atomic mass is 10.2. The van der Waals surface area contributed by atoms with Crippen molar-refractivity contribution in [3.05, 3.63) is 38.4 Å². The van der Waals surface area contributed by atoms with Gasteiger partial charge in [0, 0.05) is 10.3 Å². The van der Waals surface area contributed by atoms with Crippen LogP contribution < -0.4 is 5.32 Å². The van der Waals surface area contributed by atoms with E-state index in [1.54, 1.807) is 11.4 Å². The van der Waals surface area contributed by atoms with E-state index < -0.39 is 5.97 Å². The van der Waals surface area contributed by atoms with E-state index in [0.717, 1.165) is 16.9 Å². The van der Waals surface area contributed by atoms with Gasteiger partial charge in [0.05, 0.1) is 11.1 Å². The summed E-state index contributed by atoms with van der Waals surface area (Å²) < 4.78 is 0. The minimum Gasteiger partial charge on any atom is -0.478 e. The van der Waals surface area contributed by atoms with E-state index in [9.17, 15) is 9.59 Å². The molecule has 0 bridgehead atoms. The topological polar surface area (TPSA) is 66.4 Å². The summed E-state index contributed by atoms with van der Waals surface area (Å²) in [6.45, 7) is 3.81. The maximum Gasteiger partial charge on any atom is 0.338 e. The van der Waals surface area contributed by atoms with E-state index in [4.69, 9.17) is 5.11 Å². The molecule has 0 saturated heterocycles. The minimum atomic E-state index is -1.02. The van der Waals surface area contributed by atoms with Gasteiger partial charge in [-0.1, -0.05) is 6.92 Å². The first kappa shape index (κ1) is 13.8. The van der Waals surface area contributed by atoms with Gasteiger partial charge < -0.3 is 10.4 Å². The van der Waals surface area contributed by atoms with E-state index in [-0.39, 0.29) is 11.5 Å². The Labute approximate surface area is 118 Å². The molecule has 0 atom stereocenters. The van der Waals surface area contributed by atoms with Gasteiger partial charge in [0.15, 0.2) is 0 Å². The Morgan fingerprint density at radius 2 is 2.05 bits per heavy atom. The van der Waals surface area contributed by atoms with Gasteiger partial charge in [-0.05, 0) is 30.4 Å². The van der Waals surface area contributed by atoms with Crippen LogP contribution in [0.4, 0.5) is 5.00 Å². The maximum atomic E-state index is 12.1. The Morgan fingerprint density at radius 1 is 1.32 bits per heavy atom. The zero-order valence-corrected chi connectivity index (χ0v) is 12.2. The fourth-order valence-corrected chi connectivity index (χ4v) is 3.44. The molecule has 0 aromatic carbocycles. The standard InChI is InChI=1S/C13H13NO3S2/c1-3-8-4-9(13(16)17)12(19-8)14-11(15)10-6-18-5-7(10)2/h4-6H,3H2,1-2H3,(H,14,15)(H,16,17). The summed E-state index contributed by atoms with van der Waals surface area (Å²) in [5.41, 5.74) is 1.64. The molecule has 2 N–H and O–H groups in total. The summed E-state index contributed by atoms with van der Waals surface area (Å²) in [7, 11) is 0. The molecule has 2 aromatic rings. The first-order chi connectivity index (χ1) is 9.02. The monoisotopic (exact) mass is 295 g/mol. The third-order valence-electron chi connectivity index (χ3n) is 2.69. The van der Waals surface area contributed by atoms with Crippen molar-refractivity contribution in [3.63, 3.8) is 0 Å². The van der Waals surface area contributed by atoms with Crippen LogP contribution in [0.1, 0.15) is 38.1 Å². The van der Waals surface area contributed by atoms with Crippen LogP contribution in [0.5, 0.6) is 0 Å². The molecule has 2 heterocycles. The van der Waals surface area contributed by atoms with Crippen molar-refractivity contribution >= 4 is 39.6 Å². The van der Waals surface area contributed by atoms with Gasteiger partial charge in [-0.15, -0.1) is 11.3 Å². The molecule has 2 rings (SSSR count). The van der Waals surface area contributed by atoms with Crippen molar-refractivity contribution in [2.45, 2.75) is 20.3 Å². The highest BCUT2D eigenvalue weighted by Gasteiger charge is 2.18. The zero-order valence-electron chi connectivity index (χ0n) is 10.5. The maximum absolute atomic E-state index is 12.1. The van der Waals surface area contributed by atoms with Gasteiger partial charge in [-0.2, -0.15) is 11.3 Å². The number of rotatable bonds is 4. The van der Waals surface area contributed by atoms with Crippen molar-refractivity contribution in [1.82, 2.24) is 0 Å². The van der Waals surface area contributed by atoms with Crippen molar-refractivity contribution in [3.8, 4) is 0 Å². The van der Waals surface area contributed by atoms with Crippen molar-refractivity contribution < 1.29 is 14.7 Å². The summed E-state index contributed by atoms with van der Waals surface area (Å²) in [4.78, 5) is 24.2. The van der Waals surface area contributed by atoms with E-state index in [0.29, 0.717) is 10.6 Å². The van der Waals surface area contributed by atoms with Crippen LogP contribution in [0.2, 0.25) is 0 Å². The Balaban J connectivity index is 2.28. The molecular formula is C13H13NO3S2. The normalized spacial score (nSPS) is 10.4. The number of carbonyl (C=O) groups excluding carboxylic acids is 1. The summed E-state index contributed by atoms with van der Waals surface area (Å²) in [6, 6.07) is 1.61. The van der Waals surface area contributed by atoms with Crippen LogP contribution in [0, 0.1) is 6.92 Å². The van der Waals surface area contributed by atoms with Gasteiger partial charge in [-0.3, -0.25) is 4.79 Å². The average molecular weight is 295 g/mol. The highest BCUT2D eigenvalue weighted by Crippen LogP contribution is 2.29. The second kappa shape index (κ2) is 5.54. The van der Waals surface area contributed by atoms with Crippen molar-refractivity contribution in [2.24, 2.45) is 0 Å². The molecule has 0 aliphatic heterocycles. The first-order valence-electron chi connectivity index (χ1n) is 5.73. The lowest BCUT2D eigenvalue weighted by Gasteiger charge is -2.03. The van der Waals surface area contributed by atoms with Gasteiger partial charge in [0.1, 0.15) is 5.00 Å². The predicted molar refractivity (Wildman–Crippen MR) is 77.7 cm³/mol. The molecule has 0 aliphatic rings. The molecule has 0 aliphatic carbocycles. The van der Waals surface area contributed by atoms with Crippen LogP contribution in [-0.2, 0) is 6.42 Å². The smallest absolute Gasteiger partial charge is 0.338 e. The molecular weight excluding hydrogens is 282 g/mol. The van der Waals surface area contributed by atoms with Crippen LogP contribution in [0.15, 0.2) is 16.8 Å². The number of hydrogen-bond donors (Lipinski definition) is 2. The Bertz CT molecular complexity index is 628. The molecule has 19 heavy (non-hydrogen) atoms. The van der Waals surface area contributed by atoms with E-state index in [1.165, 1.54) is 22.7 Å². The highest BCUT2D eigenvalue weighted by atomic mass is 32.1.